The van der Waals surface area contributed by atoms with Crippen molar-refractivity contribution in [2.24, 2.45) is 0 Å². The zero-order chi connectivity index (χ0) is 20.1. The maximum Gasteiger partial charge on any atom is 0.416 e. The Morgan fingerprint density at radius 2 is 2.25 bits per heavy atom. The summed E-state index contributed by atoms with van der Waals surface area (Å²) in [5, 5.41) is 6.56. The van der Waals surface area contributed by atoms with Crippen molar-refractivity contribution in [3.63, 3.8) is 0 Å². The molecule has 152 valence electrons. The highest BCUT2D eigenvalue weighted by molar-refractivity contribution is 5.95. The van der Waals surface area contributed by atoms with Crippen LogP contribution in [0.15, 0.2) is 36.7 Å². The topological polar surface area (TPSA) is 65.4 Å². The van der Waals surface area contributed by atoms with Gasteiger partial charge in [-0.2, -0.15) is 18.3 Å². The van der Waals surface area contributed by atoms with Crippen molar-refractivity contribution in [2.75, 3.05) is 18.5 Å². The maximum absolute atomic E-state index is 13.1. The lowest BCUT2D eigenvalue weighted by Gasteiger charge is -2.24. The number of carbonyl (C=O) groups is 1. The summed E-state index contributed by atoms with van der Waals surface area (Å²) in [4.78, 5) is 12.5. The maximum atomic E-state index is 13.1. The van der Waals surface area contributed by atoms with Crippen LogP contribution in [0.3, 0.4) is 0 Å². The SMILES string of the molecule is CC(OCC1CCCCO1)C(=O)Nc1cc(C(F)(F)F)ccc1-n1cccn1. The average molecular weight is 397 g/mol. The first-order chi connectivity index (χ1) is 13.3. The molecule has 0 radical (unpaired) electrons. The predicted octanol–water partition coefficient (Wildman–Crippen LogP) is 3.80. The molecule has 0 aliphatic carbocycles. The van der Waals surface area contributed by atoms with E-state index < -0.39 is 23.8 Å². The van der Waals surface area contributed by atoms with Gasteiger partial charge in [0.15, 0.2) is 0 Å². The third kappa shape index (κ3) is 5.11. The van der Waals surface area contributed by atoms with Gasteiger partial charge in [0.05, 0.1) is 29.6 Å². The van der Waals surface area contributed by atoms with Gasteiger partial charge in [-0.1, -0.05) is 0 Å². The number of benzene rings is 1. The van der Waals surface area contributed by atoms with Crippen LogP contribution in [0, 0.1) is 0 Å². The van der Waals surface area contributed by atoms with Gasteiger partial charge in [0, 0.05) is 19.0 Å². The molecule has 9 heteroatoms. The van der Waals surface area contributed by atoms with Crippen LogP contribution in [-0.2, 0) is 20.4 Å². The Bertz CT molecular complexity index is 787. The molecule has 0 saturated carbocycles. The third-order valence-electron chi connectivity index (χ3n) is 4.51. The van der Waals surface area contributed by atoms with Gasteiger partial charge >= 0.3 is 6.18 Å². The number of amides is 1. The number of carbonyl (C=O) groups excluding carboxylic acids is 1. The molecule has 0 bridgehead atoms. The first kappa shape index (κ1) is 20.3. The van der Waals surface area contributed by atoms with Crippen LogP contribution in [0.5, 0.6) is 0 Å². The number of anilines is 1. The summed E-state index contributed by atoms with van der Waals surface area (Å²) >= 11 is 0. The highest BCUT2D eigenvalue weighted by Crippen LogP contribution is 2.33. The van der Waals surface area contributed by atoms with E-state index in [4.69, 9.17) is 9.47 Å². The molecule has 2 aromatic rings. The summed E-state index contributed by atoms with van der Waals surface area (Å²) in [5.74, 6) is -0.538. The lowest BCUT2D eigenvalue weighted by molar-refractivity contribution is -0.137. The molecule has 1 fully saturated rings. The fourth-order valence-electron chi connectivity index (χ4n) is 2.92. The van der Waals surface area contributed by atoms with E-state index in [2.05, 4.69) is 10.4 Å². The van der Waals surface area contributed by atoms with E-state index in [1.165, 1.54) is 16.9 Å². The fourth-order valence-corrected chi connectivity index (χ4v) is 2.92. The number of nitrogens with zero attached hydrogens (tertiary/aromatic N) is 2. The summed E-state index contributed by atoms with van der Waals surface area (Å²) in [6.07, 6.45) is 0.582. The molecule has 1 aromatic heterocycles. The first-order valence-corrected chi connectivity index (χ1v) is 9.10. The molecule has 1 amide bonds. The van der Waals surface area contributed by atoms with Crippen molar-refractivity contribution in [1.29, 1.82) is 0 Å². The van der Waals surface area contributed by atoms with Gasteiger partial charge in [0.2, 0.25) is 0 Å². The van der Waals surface area contributed by atoms with E-state index in [0.717, 1.165) is 31.4 Å². The van der Waals surface area contributed by atoms with E-state index in [-0.39, 0.29) is 18.4 Å². The van der Waals surface area contributed by atoms with Gasteiger partial charge in [0.1, 0.15) is 6.10 Å². The Morgan fingerprint density at radius 1 is 1.43 bits per heavy atom. The molecule has 1 aliphatic heterocycles. The number of halogens is 3. The van der Waals surface area contributed by atoms with Crippen molar-refractivity contribution in [2.45, 2.75) is 44.6 Å². The van der Waals surface area contributed by atoms with Crippen molar-refractivity contribution >= 4 is 11.6 Å². The lowest BCUT2D eigenvalue weighted by Crippen LogP contribution is -2.33. The van der Waals surface area contributed by atoms with E-state index in [9.17, 15) is 18.0 Å². The van der Waals surface area contributed by atoms with Gasteiger partial charge < -0.3 is 14.8 Å². The normalized spacial score (nSPS) is 18.6. The van der Waals surface area contributed by atoms with Gasteiger partial charge in [-0.25, -0.2) is 4.68 Å². The second kappa shape index (κ2) is 8.74. The summed E-state index contributed by atoms with van der Waals surface area (Å²) in [7, 11) is 0. The van der Waals surface area contributed by atoms with Gasteiger partial charge in [-0.05, 0) is 50.5 Å². The molecule has 1 N–H and O–H groups in total. The smallest absolute Gasteiger partial charge is 0.376 e. The van der Waals surface area contributed by atoms with Crippen LogP contribution >= 0.6 is 0 Å². The summed E-state index contributed by atoms with van der Waals surface area (Å²) in [6.45, 7) is 2.49. The fraction of sp³-hybridized carbons (Fsp3) is 0.474. The molecule has 2 atom stereocenters. The van der Waals surface area contributed by atoms with Crippen molar-refractivity contribution in [1.82, 2.24) is 9.78 Å². The van der Waals surface area contributed by atoms with E-state index >= 15 is 0 Å². The molecule has 1 saturated heterocycles. The minimum absolute atomic E-state index is 0.00731. The molecule has 1 aliphatic rings. The summed E-state index contributed by atoms with van der Waals surface area (Å²) in [5.41, 5.74) is -0.523. The Labute approximate surface area is 160 Å². The molecular weight excluding hydrogens is 375 g/mol. The Morgan fingerprint density at radius 3 is 2.89 bits per heavy atom. The van der Waals surface area contributed by atoms with Crippen LogP contribution in [0.1, 0.15) is 31.7 Å². The molecular formula is C19H22F3N3O3. The van der Waals surface area contributed by atoms with Crippen molar-refractivity contribution < 1.29 is 27.4 Å². The molecule has 28 heavy (non-hydrogen) atoms. The van der Waals surface area contributed by atoms with Crippen LogP contribution in [0.2, 0.25) is 0 Å². The van der Waals surface area contributed by atoms with Gasteiger partial charge in [-0.3, -0.25) is 4.79 Å². The van der Waals surface area contributed by atoms with E-state index in [1.54, 1.807) is 19.2 Å². The number of aromatic nitrogens is 2. The number of nitrogens with one attached hydrogen (secondary N) is 1. The number of ether oxygens (including phenoxy) is 2. The highest BCUT2D eigenvalue weighted by Gasteiger charge is 2.31. The zero-order valence-corrected chi connectivity index (χ0v) is 15.4. The molecule has 2 unspecified atom stereocenters. The Balaban J connectivity index is 1.72. The highest BCUT2D eigenvalue weighted by atomic mass is 19.4. The molecule has 6 nitrogen and oxygen atoms in total. The van der Waals surface area contributed by atoms with Crippen molar-refractivity contribution in [3.8, 4) is 5.69 Å². The lowest BCUT2D eigenvalue weighted by atomic mass is 10.1. The van der Waals surface area contributed by atoms with E-state index in [1.807, 2.05) is 0 Å². The standard InChI is InChI=1S/C19H22F3N3O3/c1-13(28-12-15-5-2-3-10-27-15)18(26)24-16-11-14(19(20,21)22)6-7-17(16)25-9-4-8-23-25/h4,6-9,11,13,15H,2-3,5,10,12H2,1H3,(H,24,26). The largest absolute Gasteiger partial charge is 0.416 e. The van der Waals surface area contributed by atoms with Crippen LogP contribution in [0.4, 0.5) is 18.9 Å². The second-order valence-electron chi connectivity index (χ2n) is 6.63. The number of rotatable bonds is 6. The Kier molecular flexibility index (Phi) is 6.35. The minimum atomic E-state index is -4.53. The third-order valence-corrected chi connectivity index (χ3v) is 4.51. The average Bonchev–Trinajstić information content (AvgIpc) is 3.20. The monoisotopic (exact) mass is 397 g/mol. The summed E-state index contributed by atoms with van der Waals surface area (Å²) in [6, 6.07) is 4.75. The second-order valence-corrected chi connectivity index (χ2v) is 6.63. The number of hydrogen-bond acceptors (Lipinski definition) is 4. The number of alkyl halides is 3. The molecule has 1 aromatic carbocycles. The number of hydrogen-bond donors (Lipinski definition) is 1. The molecule has 0 spiro atoms. The predicted molar refractivity (Wildman–Crippen MR) is 96.2 cm³/mol. The Hall–Kier alpha value is -2.39. The van der Waals surface area contributed by atoms with Crippen LogP contribution < -0.4 is 5.32 Å². The quantitative estimate of drug-likeness (QED) is 0.805. The first-order valence-electron chi connectivity index (χ1n) is 9.10. The zero-order valence-electron chi connectivity index (χ0n) is 15.4. The van der Waals surface area contributed by atoms with Crippen LogP contribution in [0.25, 0.3) is 5.69 Å². The van der Waals surface area contributed by atoms with Crippen molar-refractivity contribution in [3.05, 3.63) is 42.2 Å². The molecule has 2 heterocycles. The van der Waals surface area contributed by atoms with Crippen LogP contribution in [-0.4, -0.2) is 41.1 Å². The van der Waals surface area contributed by atoms with Gasteiger partial charge in [0.25, 0.3) is 5.91 Å². The van der Waals surface area contributed by atoms with E-state index in [0.29, 0.717) is 12.3 Å². The minimum Gasteiger partial charge on any atom is -0.376 e. The molecule has 3 rings (SSSR count). The summed E-state index contributed by atoms with van der Waals surface area (Å²) < 4.78 is 51.8. The van der Waals surface area contributed by atoms with Gasteiger partial charge in [-0.15, -0.1) is 0 Å².